The van der Waals surface area contributed by atoms with Gasteiger partial charge in [0.05, 0.1) is 5.54 Å². The SMILES string of the molecule is CC1CC(CNC(=O)c2nc3n(c(=O)c2O)CC2(CCC(C)N(C)C)CCC3(NC(=O)C(=O)N(C)C)CC2)CCC1F. The highest BCUT2D eigenvalue weighted by Crippen LogP contribution is 2.52. The number of hydrogen-bond acceptors (Lipinski definition) is 7. The number of rotatable bonds is 8. The Kier molecular flexibility index (Phi) is 9.34. The van der Waals surface area contributed by atoms with Crippen LogP contribution in [0.3, 0.4) is 0 Å². The van der Waals surface area contributed by atoms with Gasteiger partial charge < -0.3 is 25.5 Å². The quantitative estimate of drug-likeness (QED) is 0.395. The van der Waals surface area contributed by atoms with Crippen molar-refractivity contribution < 1.29 is 23.9 Å². The number of halogens is 1. The van der Waals surface area contributed by atoms with Crippen LogP contribution in [0.5, 0.6) is 5.75 Å². The van der Waals surface area contributed by atoms with Gasteiger partial charge in [0.15, 0.2) is 5.69 Å². The van der Waals surface area contributed by atoms with Gasteiger partial charge in [-0.1, -0.05) is 6.92 Å². The molecule has 4 aliphatic rings. The van der Waals surface area contributed by atoms with E-state index in [1.807, 2.05) is 21.0 Å². The van der Waals surface area contributed by atoms with Gasteiger partial charge in [0, 0.05) is 33.2 Å². The molecule has 11 nitrogen and oxygen atoms in total. The molecule has 0 radical (unpaired) electrons. The topological polar surface area (TPSA) is 137 Å². The molecule has 42 heavy (non-hydrogen) atoms. The molecule has 0 saturated heterocycles. The van der Waals surface area contributed by atoms with E-state index >= 15 is 0 Å². The Bertz CT molecular complexity index is 1260. The number of fused-ring (bicyclic) bond motifs is 2. The lowest BCUT2D eigenvalue weighted by atomic mass is 9.66. The van der Waals surface area contributed by atoms with Gasteiger partial charge in [-0.25, -0.2) is 9.37 Å². The Hall–Kier alpha value is -3.02. The first-order valence-corrected chi connectivity index (χ1v) is 15.2. The van der Waals surface area contributed by atoms with E-state index in [0.29, 0.717) is 57.5 Å². The monoisotopic (exact) mass is 590 g/mol. The Morgan fingerprint density at radius 2 is 1.81 bits per heavy atom. The predicted molar refractivity (Wildman–Crippen MR) is 156 cm³/mol. The molecular weight excluding hydrogens is 543 g/mol. The number of aromatic nitrogens is 2. The zero-order chi connectivity index (χ0) is 31.0. The van der Waals surface area contributed by atoms with Crippen LogP contribution in [0.1, 0.15) is 87.9 Å². The van der Waals surface area contributed by atoms with Gasteiger partial charge in [-0.2, -0.15) is 0 Å². The normalized spacial score (nSPS) is 29.4. The summed E-state index contributed by atoms with van der Waals surface area (Å²) >= 11 is 0. The minimum Gasteiger partial charge on any atom is -0.501 e. The van der Waals surface area contributed by atoms with E-state index in [1.54, 1.807) is 0 Å². The molecule has 1 aromatic rings. The summed E-state index contributed by atoms with van der Waals surface area (Å²) in [6, 6.07) is 0.323. The van der Waals surface area contributed by atoms with Crippen LogP contribution in [0, 0.1) is 17.3 Å². The van der Waals surface area contributed by atoms with E-state index in [9.17, 15) is 28.7 Å². The Balaban J connectivity index is 1.69. The summed E-state index contributed by atoms with van der Waals surface area (Å²) in [6.07, 6.45) is 4.86. The maximum atomic E-state index is 13.9. The maximum Gasteiger partial charge on any atom is 0.311 e. The van der Waals surface area contributed by atoms with Crippen LogP contribution >= 0.6 is 0 Å². The van der Waals surface area contributed by atoms with Crippen molar-refractivity contribution in [2.75, 3.05) is 34.7 Å². The van der Waals surface area contributed by atoms with Gasteiger partial charge in [-0.15, -0.1) is 0 Å². The lowest BCUT2D eigenvalue weighted by Crippen LogP contribution is -2.54. The summed E-state index contributed by atoms with van der Waals surface area (Å²) in [5.74, 6) is -2.78. The van der Waals surface area contributed by atoms with Crippen molar-refractivity contribution in [3.63, 3.8) is 0 Å². The molecule has 4 unspecified atom stereocenters. The molecule has 2 aliphatic heterocycles. The minimum absolute atomic E-state index is 0.0858. The van der Waals surface area contributed by atoms with Crippen LogP contribution < -0.4 is 16.2 Å². The minimum atomic E-state index is -1.15. The molecule has 0 spiro atoms. The van der Waals surface area contributed by atoms with E-state index in [2.05, 4.69) is 27.4 Å². The summed E-state index contributed by atoms with van der Waals surface area (Å²) in [6.45, 7) is 4.59. The lowest BCUT2D eigenvalue weighted by molar-refractivity contribution is -0.145. The van der Waals surface area contributed by atoms with Gasteiger partial charge in [-0.3, -0.25) is 23.7 Å². The first-order valence-electron chi connectivity index (χ1n) is 15.2. The van der Waals surface area contributed by atoms with Gasteiger partial charge in [0.1, 0.15) is 12.0 Å². The second-order valence-electron chi connectivity index (χ2n) is 13.5. The van der Waals surface area contributed by atoms with Crippen molar-refractivity contribution >= 4 is 17.7 Å². The van der Waals surface area contributed by atoms with Crippen molar-refractivity contribution in [2.24, 2.45) is 17.3 Å². The Morgan fingerprint density at radius 1 is 1.14 bits per heavy atom. The molecule has 2 bridgehead atoms. The summed E-state index contributed by atoms with van der Waals surface area (Å²) in [5.41, 5.74) is -2.54. The second kappa shape index (κ2) is 12.3. The summed E-state index contributed by atoms with van der Waals surface area (Å²) < 4.78 is 15.3. The van der Waals surface area contributed by atoms with E-state index < -0.39 is 46.4 Å². The number of carbonyl (C=O) groups excluding carboxylic acids is 3. The van der Waals surface area contributed by atoms with Crippen molar-refractivity contribution in [3.05, 3.63) is 21.9 Å². The molecule has 4 atom stereocenters. The third-order valence-corrected chi connectivity index (χ3v) is 10.1. The summed E-state index contributed by atoms with van der Waals surface area (Å²) in [4.78, 5) is 60.5. The first kappa shape index (κ1) is 31.9. The Morgan fingerprint density at radius 3 is 2.40 bits per heavy atom. The lowest BCUT2D eigenvalue weighted by Gasteiger charge is -2.43. The van der Waals surface area contributed by atoms with Gasteiger partial charge in [0.2, 0.25) is 5.75 Å². The molecule has 3 heterocycles. The van der Waals surface area contributed by atoms with Gasteiger partial charge >= 0.3 is 11.8 Å². The maximum absolute atomic E-state index is 13.9. The van der Waals surface area contributed by atoms with Crippen LogP contribution in [0.25, 0.3) is 0 Å². The molecule has 3 N–H and O–H groups in total. The number of carbonyl (C=O) groups is 3. The third kappa shape index (κ3) is 6.33. The summed E-state index contributed by atoms with van der Waals surface area (Å²) in [7, 11) is 7.03. The van der Waals surface area contributed by atoms with Crippen LogP contribution in [0.4, 0.5) is 4.39 Å². The number of alkyl halides is 1. The molecule has 3 amide bonds. The van der Waals surface area contributed by atoms with Crippen LogP contribution in [0.15, 0.2) is 4.79 Å². The number of nitrogens with zero attached hydrogens (tertiary/aromatic N) is 4. The number of aromatic hydroxyl groups is 1. The van der Waals surface area contributed by atoms with E-state index in [-0.39, 0.29) is 29.6 Å². The number of hydrogen-bond donors (Lipinski definition) is 3. The van der Waals surface area contributed by atoms with Crippen molar-refractivity contribution in [2.45, 2.75) is 95.9 Å². The zero-order valence-electron chi connectivity index (χ0n) is 25.8. The first-order chi connectivity index (χ1) is 19.7. The van der Waals surface area contributed by atoms with Crippen molar-refractivity contribution in [3.8, 4) is 5.75 Å². The molecule has 2 saturated carbocycles. The van der Waals surface area contributed by atoms with Crippen molar-refractivity contribution in [1.82, 2.24) is 30.0 Å². The largest absolute Gasteiger partial charge is 0.501 e. The Labute approximate surface area is 247 Å². The van der Waals surface area contributed by atoms with Gasteiger partial charge in [0.25, 0.3) is 11.5 Å². The molecule has 2 aliphatic carbocycles. The molecule has 2 fully saturated rings. The average Bonchev–Trinajstić information content (AvgIpc) is 3.16. The second-order valence-corrected chi connectivity index (χ2v) is 13.5. The van der Waals surface area contributed by atoms with Crippen LogP contribution in [-0.4, -0.2) is 89.1 Å². The fraction of sp³-hybridized carbons (Fsp3) is 0.767. The fourth-order valence-corrected chi connectivity index (χ4v) is 6.87. The molecule has 1 aromatic heterocycles. The molecule has 5 rings (SSSR count). The summed E-state index contributed by atoms with van der Waals surface area (Å²) in [5, 5.41) is 16.6. The average molecular weight is 591 g/mol. The highest BCUT2D eigenvalue weighted by molar-refractivity contribution is 6.35. The van der Waals surface area contributed by atoms with E-state index in [0.717, 1.165) is 12.8 Å². The van der Waals surface area contributed by atoms with Crippen LogP contribution in [0.2, 0.25) is 0 Å². The van der Waals surface area contributed by atoms with Crippen LogP contribution in [-0.2, 0) is 21.7 Å². The third-order valence-electron chi connectivity index (χ3n) is 10.1. The fourth-order valence-electron chi connectivity index (χ4n) is 6.87. The standard InChI is InChI=1S/C30H47FN6O5/c1-18-15-20(7-8-21(18)31)16-32-24(39)22-23(38)26(41)37-17-29(10-9-19(2)35(3)4)11-13-30(14-12-29,28(37)33-22)34-25(40)27(42)36(5)6/h18-21,38H,7-17H2,1-6H3,(H,32,39)(H,34,40). The molecule has 234 valence electrons. The number of likely N-dealkylation sites (N-methyl/N-ethyl adjacent to an activating group) is 1. The number of nitrogens with one attached hydrogen (secondary N) is 2. The smallest absolute Gasteiger partial charge is 0.311 e. The molecule has 12 heteroatoms. The van der Waals surface area contributed by atoms with E-state index in [1.165, 1.54) is 23.6 Å². The highest BCUT2D eigenvalue weighted by atomic mass is 19.1. The number of amides is 3. The van der Waals surface area contributed by atoms with Crippen molar-refractivity contribution in [1.29, 1.82) is 0 Å². The van der Waals surface area contributed by atoms with Gasteiger partial charge in [-0.05, 0) is 96.1 Å². The highest BCUT2D eigenvalue weighted by Gasteiger charge is 2.52. The molecular formula is C30H47FN6O5. The zero-order valence-corrected chi connectivity index (χ0v) is 25.8. The van der Waals surface area contributed by atoms with E-state index in [4.69, 9.17) is 0 Å². The molecule has 0 aromatic carbocycles. The predicted octanol–water partition coefficient (Wildman–Crippen LogP) is 2.16.